The lowest BCUT2D eigenvalue weighted by Gasteiger charge is -2.35. The van der Waals surface area contributed by atoms with Gasteiger partial charge >= 0.3 is 6.09 Å². The number of ether oxygens (including phenoxy) is 1. The molecule has 4 nitrogen and oxygen atoms in total. The van der Waals surface area contributed by atoms with Gasteiger partial charge in [-0.15, -0.1) is 0 Å². The minimum atomic E-state index is -0.434. The molecular weight excluding hydrogens is 324 g/mol. The van der Waals surface area contributed by atoms with E-state index in [0.717, 1.165) is 32.7 Å². The van der Waals surface area contributed by atoms with Crippen molar-refractivity contribution >= 4 is 22.9 Å². The molecule has 0 aliphatic carbocycles. The standard InChI is InChI=1S/C22H28N2O2/c1-22(2,3)26-21(25)24-15-13-23(14-16-24)12-6-7-18-10-11-19-8-4-5-9-20(19)17-18/h4-11,17H,12-16H2,1-3H3/b7-6+. The maximum atomic E-state index is 12.1. The molecule has 0 radical (unpaired) electrons. The van der Waals surface area contributed by atoms with Crippen LogP contribution in [-0.2, 0) is 4.74 Å². The van der Waals surface area contributed by atoms with Crippen LogP contribution >= 0.6 is 0 Å². The Morgan fingerprint density at radius 3 is 2.42 bits per heavy atom. The van der Waals surface area contributed by atoms with Crippen molar-refractivity contribution in [3.05, 3.63) is 54.1 Å². The monoisotopic (exact) mass is 352 g/mol. The van der Waals surface area contributed by atoms with Gasteiger partial charge in [-0.05, 0) is 43.2 Å². The average Bonchev–Trinajstić information content (AvgIpc) is 2.61. The molecule has 0 spiro atoms. The molecule has 3 rings (SSSR count). The molecule has 1 saturated heterocycles. The van der Waals surface area contributed by atoms with Crippen molar-refractivity contribution in [1.29, 1.82) is 0 Å². The van der Waals surface area contributed by atoms with Gasteiger partial charge in [0.1, 0.15) is 5.60 Å². The maximum absolute atomic E-state index is 12.1. The van der Waals surface area contributed by atoms with Crippen molar-refractivity contribution in [2.24, 2.45) is 0 Å². The zero-order valence-corrected chi connectivity index (χ0v) is 15.9. The van der Waals surface area contributed by atoms with Crippen molar-refractivity contribution in [3.63, 3.8) is 0 Å². The molecule has 1 amide bonds. The first kappa shape index (κ1) is 18.5. The lowest BCUT2D eigenvalue weighted by molar-refractivity contribution is 0.0154. The highest BCUT2D eigenvalue weighted by Gasteiger charge is 2.25. The van der Waals surface area contributed by atoms with Gasteiger partial charge < -0.3 is 9.64 Å². The Labute approximate surface area is 156 Å². The number of hydrogen-bond acceptors (Lipinski definition) is 3. The SMILES string of the molecule is CC(C)(C)OC(=O)N1CCN(C/C=C/c2ccc3ccccc3c2)CC1. The molecule has 0 unspecified atom stereocenters. The van der Waals surface area contributed by atoms with E-state index in [4.69, 9.17) is 4.74 Å². The number of rotatable bonds is 3. The van der Waals surface area contributed by atoms with E-state index in [1.54, 1.807) is 4.90 Å². The van der Waals surface area contributed by atoms with Crippen molar-refractivity contribution in [1.82, 2.24) is 9.80 Å². The highest BCUT2D eigenvalue weighted by Crippen LogP contribution is 2.17. The van der Waals surface area contributed by atoms with E-state index in [1.807, 2.05) is 20.8 Å². The van der Waals surface area contributed by atoms with Crippen LogP contribution in [0.3, 0.4) is 0 Å². The predicted octanol–water partition coefficient (Wildman–Crippen LogP) is 4.41. The normalized spacial score (nSPS) is 16.3. The third-order valence-corrected chi connectivity index (χ3v) is 4.47. The van der Waals surface area contributed by atoms with Crippen molar-refractivity contribution in [3.8, 4) is 0 Å². The first-order chi connectivity index (χ1) is 12.4. The first-order valence-corrected chi connectivity index (χ1v) is 9.26. The summed E-state index contributed by atoms with van der Waals surface area (Å²) in [6.07, 6.45) is 4.17. The highest BCUT2D eigenvalue weighted by atomic mass is 16.6. The Balaban J connectivity index is 1.48. The Bertz CT molecular complexity index is 784. The molecular formula is C22H28N2O2. The molecule has 138 valence electrons. The van der Waals surface area contributed by atoms with Gasteiger partial charge in [0.2, 0.25) is 0 Å². The van der Waals surface area contributed by atoms with Crippen LogP contribution in [0.5, 0.6) is 0 Å². The van der Waals surface area contributed by atoms with E-state index in [9.17, 15) is 4.79 Å². The van der Waals surface area contributed by atoms with Crippen molar-refractivity contribution < 1.29 is 9.53 Å². The summed E-state index contributed by atoms with van der Waals surface area (Å²) in [6.45, 7) is 9.80. The molecule has 0 saturated carbocycles. The van der Waals surface area contributed by atoms with Crippen molar-refractivity contribution in [2.75, 3.05) is 32.7 Å². The number of hydrogen-bond donors (Lipinski definition) is 0. The van der Waals surface area contributed by atoms with E-state index in [2.05, 4.69) is 59.5 Å². The smallest absolute Gasteiger partial charge is 0.410 e. The number of nitrogens with zero attached hydrogens (tertiary/aromatic N) is 2. The van der Waals surface area contributed by atoms with Gasteiger partial charge in [-0.25, -0.2) is 4.79 Å². The van der Waals surface area contributed by atoms with E-state index in [1.165, 1.54) is 16.3 Å². The fourth-order valence-corrected chi connectivity index (χ4v) is 3.09. The molecule has 1 aliphatic rings. The van der Waals surface area contributed by atoms with E-state index < -0.39 is 5.60 Å². The van der Waals surface area contributed by atoms with E-state index in [-0.39, 0.29) is 6.09 Å². The fraction of sp³-hybridized carbons (Fsp3) is 0.409. The van der Waals surface area contributed by atoms with E-state index >= 15 is 0 Å². The van der Waals surface area contributed by atoms with E-state index in [0.29, 0.717) is 0 Å². The van der Waals surface area contributed by atoms with Crippen LogP contribution in [0.25, 0.3) is 16.8 Å². The lowest BCUT2D eigenvalue weighted by atomic mass is 10.1. The Morgan fingerprint density at radius 1 is 1.04 bits per heavy atom. The molecule has 0 bridgehead atoms. The number of piperazine rings is 1. The first-order valence-electron chi connectivity index (χ1n) is 9.26. The van der Waals surface area contributed by atoms with Gasteiger partial charge in [0.05, 0.1) is 0 Å². The summed E-state index contributed by atoms with van der Waals surface area (Å²) in [5.41, 5.74) is 0.785. The van der Waals surface area contributed by atoms with Crippen LogP contribution in [0, 0.1) is 0 Å². The summed E-state index contributed by atoms with van der Waals surface area (Å²) in [6, 6.07) is 14.9. The third kappa shape index (κ3) is 5.09. The summed E-state index contributed by atoms with van der Waals surface area (Å²) >= 11 is 0. The summed E-state index contributed by atoms with van der Waals surface area (Å²) in [5, 5.41) is 2.53. The molecule has 4 heteroatoms. The largest absolute Gasteiger partial charge is 0.444 e. The Hall–Kier alpha value is -2.33. The van der Waals surface area contributed by atoms with Crippen LogP contribution in [0.4, 0.5) is 4.79 Å². The zero-order chi connectivity index (χ0) is 18.6. The second-order valence-corrected chi connectivity index (χ2v) is 7.78. The minimum Gasteiger partial charge on any atom is -0.444 e. The Morgan fingerprint density at radius 2 is 1.73 bits per heavy atom. The molecule has 0 N–H and O–H groups in total. The highest BCUT2D eigenvalue weighted by molar-refractivity contribution is 5.84. The second kappa shape index (κ2) is 7.92. The molecule has 0 atom stereocenters. The second-order valence-electron chi connectivity index (χ2n) is 7.78. The predicted molar refractivity (Wildman–Crippen MR) is 107 cm³/mol. The fourth-order valence-electron chi connectivity index (χ4n) is 3.09. The average molecular weight is 352 g/mol. The topological polar surface area (TPSA) is 32.8 Å². The van der Waals surface area contributed by atoms with Crippen LogP contribution in [-0.4, -0.2) is 54.2 Å². The summed E-state index contributed by atoms with van der Waals surface area (Å²) in [4.78, 5) is 16.3. The molecule has 2 aromatic rings. The quantitative estimate of drug-likeness (QED) is 0.820. The van der Waals surface area contributed by atoms with Crippen LogP contribution in [0.2, 0.25) is 0 Å². The van der Waals surface area contributed by atoms with Gasteiger partial charge in [-0.3, -0.25) is 4.90 Å². The number of carbonyl (C=O) groups is 1. The third-order valence-electron chi connectivity index (χ3n) is 4.47. The molecule has 26 heavy (non-hydrogen) atoms. The number of benzene rings is 2. The van der Waals surface area contributed by atoms with Gasteiger partial charge in [-0.2, -0.15) is 0 Å². The van der Waals surface area contributed by atoms with Crippen LogP contribution in [0.1, 0.15) is 26.3 Å². The van der Waals surface area contributed by atoms with Gasteiger partial charge in [-0.1, -0.05) is 48.6 Å². The molecule has 1 heterocycles. The number of amides is 1. The van der Waals surface area contributed by atoms with Gasteiger partial charge in [0.15, 0.2) is 0 Å². The molecule has 1 fully saturated rings. The summed E-state index contributed by atoms with van der Waals surface area (Å²) < 4.78 is 5.44. The van der Waals surface area contributed by atoms with Gasteiger partial charge in [0, 0.05) is 32.7 Å². The number of carbonyl (C=O) groups excluding carboxylic acids is 1. The van der Waals surface area contributed by atoms with Crippen LogP contribution in [0.15, 0.2) is 48.5 Å². The Kier molecular flexibility index (Phi) is 5.62. The molecule has 0 aromatic heterocycles. The van der Waals surface area contributed by atoms with Crippen LogP contribution < -0.4 is 0 Å². The zero-order valence-electron chi connectivity index (χ0n) is 15.9. The lowest BCUT2D eigenvalue weighted by Crippen LogP contribution is -2.49. The van der Waals surface area contributed by atoms with Gasteiger partial charge in [0.25, 0.3) is 0 Å². The molecule has 1 aliphatic heterocycles. The minimum absolute atomic E-state index is 0.205. The maximum Gasteiger partial charge on any atom is 0.410 e. The molecule has 2 aromatic carbocycles. The van der Waals surface area contributed by atoms with Crippen molar-refractivity contribution in [2.45, 2.75) is 26.4 Å². The summed E-state index contributed by atoms with van der Waals surface area (Å²) in [7, 11) is 0. The number of fused-ring (bicyclic) bond motifs is 1. The summed E-state index contributed by atoms with van der Waals surface area (Å²) in [5.74, 6) is 0.